The van der Waals surface area contributed by atoms with Crippen molar-refractivity contribution in [1.29, 1.82) is 0 Å². The summed E-state index contributed by atoms with van der Waals surface area (Å²) in [5, 5.41) is 8.03. The topological polar surface area (TPSA) is 77.0 Å². The molecule has 1 aliphatic heterocycles. The summed E-state index contributed by atoms with van der Waals surface area (Å²) in [6.45, 7) is 5.20. The lowest BCUT2D eigenvalue weighted by Crippen LogP contribution is -2.31. The maximum absolute atomic E-state index is 12.5. The van der Waals surface area contributed by atoms with E-state index >= 15 is 0 Å². The molecule has 7 heteroatoms. The van der Waals surface area contributed by atoms with Crippen molar-refractivity contribution in [2.24, 2.45) is 0 Å². The van der Waals surface area contributed by atoms with E-state index in [-0.39, 0.29) is 11.9 Å². The standard InChI is InChI=1S/C14H19N5O2/c1-10-14(11(2)21-17-10)12-4-3-6-19(12)13(20)5-7-18-9-15-8-16-18/h8-9,12H,3-7H2,1-2H3. The van der Waals surface area contributed by atoms with E-state index in [1.807, 2.05) is 18.7 Å². The molecule has 7 nitrogen and oxygen atoms in total. The zero-order valence-corrected chi connectivity index (χ0v) is 12.3. The van der Waals surface area contributed by atoms with Crippen molar-refractivity contribution in [2.75, 3.05) is 6.54 Å². The first kappa shape index (κ1) is 13.8. The number of likely N-dealkylation sites (tertiary alicyclic amines) is 1. The first-order chi connectivity index (χ1) is 10.2. The van der Waals surface area contributed by atoms with Crippen LogP contribution in [0.5, 0.6) is 0 Å². The molecular formula is C14H19N5O2. The van der Waals surface area contributed by atoms with Crippen molar-refractivity contribution in [3.8, 4) is 0 Å². The van der Waals surface area contributed by atoms with Crippen LogP contribution in [-0.4, -0.2) is 37.3 Å². The predicted octanol–water partition coefficient (Wildman–Crippen LogP) is 1.64. The molecule has 2 aromatic heterocycles. The van der Waals surface area contributed by atoms with Crippen molar-refractivity contribution >= 4 is 5.91 Å². The van der Waals surface area contributed by atoms with Crippen LogP contribution in [-0.2, 0) is 11.3 Å². The van der Waals surface area contributed by atoms with Gasteiger partial charge in [-0.3, -0.25) is 9.48 Å². The minimum absolute atomic E-state index is 0.0968. The van der Waals surface area contributed by atoms with Crippen molar-refractivity contribution in [3.05, 3.63) is 29.7 Å². The Balaban J connectivity index is 1.70. The van der Waals surface area contributed by atoms with Gasteiger partial charge in [0.15, 0.2) is 0 Å². The average Bonchev–Trinajstić information content (AvgIpc) is 3.18. The summed E-state index contributed by atoms with van der Waals surface area (Å²) in [7, 11) is 0. The Labute approximate surface area is 122 Å². The highest BCUT2D eigenvalue weighted by molar-refractivity contribution is 5.77. The summed E-state index contributed by atoms with van der Waals surface area (Å²) in [6, 6.07) is 0.0968. The molecule has 0 radical (unpaired) electrons. The van der Waals surface area contributed by atoms with Gasteiger partial charge in [-0.15, -0.1) is 0 Å². The largest absolute Gasteiger partial charge is 0.361 e. The lowest BCUT2D eigenvalue weighted by atomic mass is 10.0. The lowest BCUT2D eigenvalue weighted by molar-refractivity contribution is -0.132. The van der Waals surface area contributed by atoms with E-state index in [1.54, 1.807) is 11.0 Å². The molecule has 1 amide bonds. The molecule has 0 saturated carbocycles. The Bertz CT molecular complexity index is 600. The summed E-state index contributed by atoms with van der Waals surface area (Å²) in [5.74, 6) is 0.960. The van der Waals surface area contributed by atoms with Crippen LogP contribution in [0.3, 0.4) is 0 Å². The minimum Gasteiger partial charge on any atom is -0.361 e. The molecule has 3 heterocycles. The lowest BCUT2D eigenvalue weighted by Gasteiger charge is -2.24. The van der Waals surface area contributed by atoms with Crippen LogP contribution in [0.2, 0.25) is 0 Å². The Morgan fingerprint density at radius 1 is 1.48 bits per heavy atom. The first-order valence-corrected chi connectivity index (χ1v) is 7.21. The van der Waals surface area contributed by atoms with E-state index in [2.05, 4.69) is 15.2 Å². The quantitative estimate of drug-likeness (QED) is 0.855. The molecule has 2 aromatic rings. The number of aromatic nitrogens is 4. The molecule has 1 fully saturated rings. The van der Waals surface area contributed by atoms with Crippen molar-refractivity contribution in [1.82, 2.24) is 24.8 Å². The van der Waals surface area contributed by atoms with Gasteiger partial charge in [0.25, 0.3) is 0 Å². The zero-order valence-electron chi connectivity index (χ0n) is 12.3. The van der Waals surface area contributed by atoms with Crippen LogP contribution in [0.1, 0.15) is 42.3 Å². The molecule has 1 aliphatic rings. The van der Waals surface area contributed by atoms with Crippen molar-refractivity contribution in [3.63, 3.8) is 0 Å². The van der Waals surface area contributed by atoms with E-state index in [0.29, 0.717) is 13.0 Å². The second-order valence-corrected chi connectivity index (χ2v) is 5.39. The molecule has 1 unspecified atom stereocenters. The van der Waals surface area contributed by atoms with Crippen LogP contribution in [0.25, 0.3) is 0 Å². The van der Waals surface area contributed by atoms with E-state index in [0.717, 1.165) is 36.4 Å². The zero-order chi connectivity index (χ0) is 14.8. The summed E-state index contributed by atoms with van der Waals surface area (Å²) in [4.78, 5) is 18.3. The van der Waals surface area contributed by atoms with Crippen molar-refractivity contribution < 1.29 is 9.32 Å². The molecule has 21 heavy (non-hydrogen) atoms. The average molecular weight is 289 g/mol. The highest BCUT2D eigenvalue weighted by atomic mass is 16.5. The maximum atomic E-state index is 12.5. The van der Waals surface area contributed by atoms with Gasteiger partial charge < -0.3 is 9.42 Å². The summed E-state index contributed by atoms with van der Waals surface area (Å²) in [5.41, 5.74) is 1.95. The monoisotopic (exact) mass is 289 g/mol. The molecule has 112 valence electrons. The number of nitrogens with zero attached hydrogens (tertiary/aromatic N) is 5. The molecular weight excluding hydrogens is 270 g/mol. The third kappa shape index (κ3) is 2.68. The van der Waals surface area contributed by atoms with Gasteiger partial charge >= 0.3 is 0 Å². The summed E-state index contributed by atoms with van der Waals surface area (Å²) >= 11 is 0. The Morgan fingerprint density at radius 3 is 3.00 bits per heavy atom. The number of aryl methyl sites for hydroxylation is 3. The van der Waals surface area contributed by atoms with Gasteiger partial charge in [0, 0.05) is 18.5 Å². The maximum Gasteiger partial charge on any atom is 0.224 e. The van der Waals surface area contributed by atoms with Crippen molar-refractivity contribution in [2.45, 2.75) is 45.7 Å². The van der Waals surface area contributed by atoms with Gasteiger partial charge in [-0.05, 0) is 26.7 Å². The highest BCUT2D eigenvalue weighted by Crippen LogP contribution is 2.35. The number of hydrogen-bond acceptors (Lipinski definition) is 5. The molecule has 0 N–H and O–H groups in total. The Hall–Kier alpha value is -2.18. The molecule has 0 aromatic carbocycles. The van der Waals surface area contributed by atoms with Crippen LogP contribution < -0.4 is 0 Å². The number of rotatable bonds is 4. The third-order valence-corrected chi connectivity index (χ3v) is 4.02. The van der Waals surface area contributed by atoms with Gasteiger partial charge in [0.05, 0.1) is 18.3 Å². The van der Waals surface area contributed by atoms with Gasteiger partial charge in [0.1, 0.15) is 18.4 Å². The molecule has 0 spiro atoms. The van der Waals surface area contributed by atoms with E-state index in [4.69, 9.17) is 4.52 Å². The molecule has 0 aliphatic carbocycles. The van der Waals surface area contributed by atoms with Crippen LogP contribution in [0.15, 0.2) is 17.2 Å². The second-order valence-electron chi connectivity index (χ2n) is 5.39. The molecule has 1 atom stereocenters. The third-order valence-electron chi connectivity index (χ3n) is 4.02. The predicted molar refractivity (Wildman–Crippen MR) is 74.3 cm³/mol. The summed E-state index contributed by atoms with van der Waals surface area (Å²) < 4.78 is 6.92. The summed E-state index contributed by atoms with van der Waals surface area (Å²) in [6.07, 6.45) is 5.53. The molecule has 3 rings (SSSR count). The fourth-order valence-corrected chi connectivity index (χ4v) is 3.03. The molecule has 1 saturated heterocycles. The Morgan fingerprint density at radius 2 is 2.33 bits per heavy atom. The van der Waals surface area contributed by atoms with Gasteiger partial charge in [-0.2, -0.15) is 5.10 Å². The van der Waals surface area contributed by atoms with E-state index in [1.165, 1.54) is 6.33 Å². The van der Waals surface area contributed by atoms with Gasteiger partial charge in [0.2, 0.25) is 5.91 Å². The van der Waals surface area contributed by atoms with Crippen LogP contribution in [0.4, 0.5) is 0 Å². The second kappa shape index (κ2) is 5.67. The highest BCUT2D eigenvalue weighted by Gasteiger charge is 2.33. The number of hydrogen-bond donors (Lipinski definition) is 0. The van der Waals surface area contributed by atoms with Crippen LogP contribution >= 0.6 is 0 Å². The van der Waals surface area contributed by atoms with E-state index < -0.39 is 0 Å². The number of amides is 1. The van der Waals surface area contributed by atoms with Gasteiger partial charge in [-0.25, -0.2) is 4.98 Å². The minimum atomic E-state index is 0.0968. The van der Waals surface area contributed by atoms with E-state index in [9.17, 15) is 4.79 Å². The number of carbonyl (C=O) groups excluding carboxylic acids is 1. The smallest absolute Gasteiger partial charge is 0.224 e. The van der Waals surface area contributed by atoms with Crippen LogP contribution in [0, 0.1) is 13.8 Å². The normalized spacial score (nSPS) is 18.4. The fraction of sp³-hybridized carbons (Fsp3) is 0.571. The Kier molecular flexibility index (Phi) is 3.72. The van der Waals surface area contributed by atoms with Gasteiger partial charge in [-0.1, -0.05) is 5.16 Å². The SMILES string of the molecule is Cc1noc(C)c1C1CCCN1C(=O)CCn1cncn1. The number of carbonyl (C=O) groups is 1. The first-order valence-electron chi connectivity index (χ1n) is 7.21. The molecule has 0 bridgehead atoms. The fourth-order valence-electron chi connectivity index (χ4n) is 3.03.